The smallest absolute Gasteiger partial charge is 0.316 e. The van der Waals surface area contributed by atoms with E-state index in [2.05, 4.69) is 36.2 Å². The topological polar surface area (TPSA) is 147 Å². The standard InChI is InChI=1S/C33H32BrFN6O7/c1-17(42)22-13-40(14-29(43)41-12-20(35)9-24(41)32(44)39-28-5-3-4-27(34)38-28)23-7-6-18(8-21(22)23)19-10-36-33(37-11-19)48-26-16-47-30-25(45-2)15-46-31(26)30/h3-8,10-11,13,20,24-26,30-31H,9,12,14-16H2,1-2H3,(H,38,39,44)/t20-,24+,25-,26-,30-,31-/m1/s1. The number of nitrogens with one attached hydrogen (secondary N) is 1. The Balaban J connectivity index is 1.07. The minimum absolute atomic E-state index is 0.121. The van der Waals surface area contributed by atoms with Crippen molar-refractivity contribution in [1.82, 2.24) is 24.4 Å². The van der Waals surface area contributed by atoms with Crippen LogP contribution in [0.3, 0.4) is 0 Å². The summed E-state index contributed by atoms with van der Waals surface area (Å²) in [5, 5.41) is 3.30. The van der Waals surface area contributed by atoms with E-state index < -0.39 is 24.0 Å². The fraction of sp³-hybridized carbons (Fsp3) is 0.394. The van der Waals surface area contributed by atoms with E-state index in [1.807, 2.05) is 12.1 Å². The van der Waals surface area contributed by atoms with E-state index in [0.717, 1.165) is 5.56 Å². The number of hydrogen-bond acceptors (Lipinski definition) is 10. The maximum atomic E-state index is 14.6. The molecule has 3 aliphatic heterocycles. The van der Waals surface area contributed by atoms with Gasteiger partial charge in [-0.3, -0.25) is 14.4 Å². The first-order chi connectivity index (χ1) is 23.2. The summed E-state index contributed by atoms with van der Waals surface area (Å²) >= 11 is 3.26. The van der Waals surface area contributed by atoms with Gasteiger partial charge >= 0.3 is 6.01 Å². The van der Waals surface area contributed by atoms with Crippen molar-refractivity contribution in [2.75, 3.05) is 32.2 Å². The van der Waals surface area contributed by atoms with E-state index in [9.17, 15) is 18.8 Å². The van der Waals surface area contributed by atoms with Crippen LogP contribution in [0.2, 0.25) is 0 Å². The van der Waals surface area contributed by atoms with Crippen molar-refractivity contribution in [3.8, 4) is 17.1 Å². The number of aromatic nitrogens is 4. The average molecular weight is 724 g/mol. The maximum Gasteiger partial charge on any atom is 0.316 e. The molecule has 0 aliphatic carbocycles. The highest BCUT2D eigenvalue weighted by Crippen LogP contribution is 2.32. The van der Waals surface area contributed by atoms with Gasteiger partial charge in [-0.15, -0.1) is 0 Å². The number of rotatable bonds is 9. The highest BCUT2D eigenvalue weighted by Gasteiger charge is 2.49. The lowest BCUT2D eigenvalue weighted by molar-refractivity contribution is -0.137. The molecule has 2 amide bonds. The summed E-state index contributed by atoms with van der Waals surface area (Å²) < 4.78 is 39.8. The molecule has 0 saturated carbocycles. The number of likely N-dealkylation sites (tertiary alicyclic amines) is 1. The molecular formula is C33H32BrFN6O7. The molecule has 0 bridgehead atoms. The quantitative estimate of drug-likeness (QED) is 0.201. The van der Waals surface area contributed by atoms with Gasteiger partial charge < -0.3 is 33.7 Å². The third-order valence-corrected chi connectivity index (χ3v) is 9.33. The minimum Gasteiger partial charge on any atom is -0.455 e. The summed E-state index contributed by atoms with van der Waals surface area (Å²) in [6.07, 6.45) is 2.46. The van der Waals surface area contributed by atoms with Crippen molar-refractivity contribution < 1.29 is 37.7 Å². The van der Waals surface area contributed by atoms with Crippen molar-refractivity contribution in [2.24, 2.45) is 0 Å². The predicted octanol–water partition coefficient (Wildman–Crippen LogP) is 3.60. The SMILES string of the molecule is CO[C@@H]1CO[C@H]2[C@@H]1OC[C@H]2Oc1ncc(-c2ccc3c(c2)c(C(C)=O)cn3CC(=O)N2C[C@H](F)C[C@H]2C(=O)Nc2cccc(Br)n2)cn1. The third-order valence-electron chi connectivity index (χ3n) is 8.89. The predicted molar refractivity (Wildman–Crippen MR) is 173 cm³/mol. The van der Waals surface area contributed by atoms with Crippen LogP contribution in [-0.2, 0) is 30.3 Å². The van der Waals surface area contributed by atoms with Gasteiger partial charge in [0.05, 0.1) is 19.8 Å². The van der Waals surface area contributed by atoms with Crippen LogP contribution in [0.5, 0.6) is 6.01 Å². The number of ether oxygens (including phenoxy) is 4. The van der Waals surface area contributed by atoms with Gasteiger partial charge in [0.2, 0.25) is 11.8 Å². The van der Waals surface area contributed by atoms with Crippen molar-refractivity contribution >= 4 is 50.2 Å². The lowest BCUT2D eigenvalue weighted by atomic mass is 10.0. The molecular weight excluding hydrogens is 691 g/mol. The van der Waals surface area contributed by atoms with Gasteiger partial charge in [0.1, 0.15) is 47.5 Å². The number of carbonyl (C=O) groups excluding carboxylic acids is 3. The number of hydrogen-bond donors (Lipinski definition) is 1. The van der Waals surface area contributed by atoms with Gasteiger partial charge in [0.25, 0.3) is 0 Å². The second-order valence-electron chi connectivity index (χ2n) is 12.0. The summed E-state index contributed by atoms with van der Waals surface area (Å²) in [5.74, 6) is -0.867. The van der Waals surface area contributed by atoms with Crippen molar-refractivity contribution in [3.63, 3.8) is 0 Å². The number of ketones is 1. The van der Waals surface area contributed by atoms with E-state index in [1.165, 1.54) is 11.8 Å². The number of anilines is 1. The molecule has 7 rings (SSSR count). The molecule has 3 aromatic heterocycles. The van der Waals surface area contributed by atoms with E-state index >= 15 is 0 Å². The average Bonchev–Trinajstić information content (AvgIpc) is 3.85. The largest absolute Gasteiger partial charge is 0.455 e. The van der Waals surface area contributed by atoms with Gasteiger partial charge in [-0.25, -0.2) is 19.3 Å². The molecule has 0 spiro atoms. The maximum absolute atomic E-state index is 14.6. The lowest BCUT2D eigenvalue weighted by Gasteiger charge is -2.24. The zero-order valence-electron chi connectivity index (χ0n) is 26.0. The highest BCUT2D eigenvalue weighted by atomic mass is 79.9. The van der Waals surface area contributed by atoms with Crippen LogP contribution in [0.1, 0.15) is 23.7 Å². The summed E-state index contributed by atoms with van der Waals surface area (Å²) in [4.78, 5) is 53.5. The van der Waals surface area contributed by atoms with Crippen LogP contribution in [0.15, 0.2) is 59.6 Å². The Labute approximate surface area is 282 Å². The lowest BCUT2D eigenvalue weighted by Crippen LogP contribution is -2.44. The monoisotopic (exact) mass is 722 g/mol. The molecule has 1 N–H and O–H groups in total. The number of benzene rings is 1. The van der Waals surface area contributed by atoms with Crippen molar-refractivity contribution in [3.05, 3.63) is 65.2 Å². The molecule has 3 saturated heterocycles. The van der Waals surface area contributed by atoms with Gasteiger partial charge in [0, 0.05) is 54.2 Å². The van der Waals surface area contributed by atoms with Gasteiger partial charge in [-0.05, 0) is 52.7 Å². The van der Waals surface area contributed by atoms with E-state index in [0.29, 0.717) is 39.8 Å². The molecule has 250 valence electrons. The van der Waals surface area contributed by atoms with Crippen molar-refractivity contribution in [1.29, 1.82) is 0 Å². The Hall–Kier alpha value is -4.31. The first kappa shape index (κ1) is 32.2. The van der Waals surface area contributed by atoms with Gasteiger partial charge in [-0.2, -0.15) is 0 Å². The Kier molecular flexibility index (Phi) is 8.94. The molecule has 0 unspecified atom stereocenters. The van der Waals surface area contributed by atoms with Gasteiger partial charge in [-0.1, -0.05) is 12.1 Å². The molecule has 1 aromatic carbocycles. The molecule has 0 radical (unpaired) electrons. The summed E-state index contributed by atoms with van der Waals surface area (Å²) in [7, 11) is 1.62. The van der Waals surface area contributed by atoms with E-state index in [-0.39, 0.29) is 61.5 Å². The van der Waals surface area contributed by atoms with Crippen LogP contribution in [-0.4, -0.2) is 106 Å². The Morgan fingerprint density at radius 2 is 1.81 bits per heavy atom. The first-order valence-electron chi connectivity index (χ1n) is 15.4. The number of fused-ring (bicyclic) bond motifs is 2. The molecule has 3 fully saturated rings. The zero-order chi connectivity index (χ0) is 33.5. The molecule has 6 atom stereocenters. The van der Waals surface area contributed by atoms with Crippen LogP contribution < -0.4 is 10.1 Å². The normalized spacial score (nSPS) is 25.0. The molecule has 3 aliphatic rings. The van der Waals surface area contributed by atoms with Crippen molar-refractivity contribution in [2.45, 2.75) is 56.5 Å². The Morgan fingerprint density at radius 1 is 1.06 bits per heavy atom. The summed E-state index contributed by atoms with van der Waals surface area (Å²) in [5.41, 5.74) is 2.50. The molecule has 48 heavy (non-hydrogen) atoms. The number of amides is 2. The number of pyridine rings is 1. The summed E-state index contributed by atoms with van der Waals surface area (Å²) in [6, 6.07) is 9.69. The van der Waals surface area contributed by atoms with E-state index in [1.54, 1.807) is 54.5 Å². The fourth-order valence-corrected chi connectivity index (χ4v) is 6.86. The Bertz CT molecular complexity index is 1870. The number of carbonyl (C=O) groups is 3. The third kappa shape index (κ3) is 6.30. The molecule has 15 heteroatoms. The van der Waals surface area contributed by atoms with Crippen LogP contribution in [0.4, 0.5) is 10.2 Å². The number of nitrogens with zero attached hydrogens (tertiary/aromatic N) is 5. The van der Waals surface area contributed by atoms with Crippen LogP contribution in [0.25, 0.3) is 22.0 Å². The Morgan fingerprint density at radius 3 is 2.54 bits per heavy atom. The molecule has 13 nitrogen and oxygen atoms in total. The van der Waals surface area contributed by atoms with Gasteiger partial charge in [0.15, 0.2) is 11.9 Å². The second-order valence-corrected chi connectivity index (χ2v) is 12.8. The van der Waals surface area contributed by atoms with Crippen LogP contribution >= 0.6 is 15.9 Å². The minimum atomic E-state index is -1.35. The summed E-state index contributed by atoms with van der Waals surface area (Å²) in [6.45, 7) is 1.83. The fourth-order valence-electron chi connectivity index (χ4n) is 6.51. The number of halogens is 2. The highest BCUT2D eigenvalue weighted by molar-refractivity contribution is 9.10. The molecule has 4 aromatic rings. The molecule has 6 heterocycles. The number of methoxy groups -OCH3 is 1. The number of Topliss-reactive ketones (excluding diaryl/α,β-unsaturated/α-hetero) is 1. The zero-order valence-corrected chi connectivity index (χ0v) is 27.6. The first-order valence-corrected chi connectivity index (χ1v) is 16.2. The number of alkyl halides is 1. The van der Waals surface area contributed by atoms with E-state index in [4.69, 9.17) is 18.9 Å². The second kappa shape index (κ2) is 13.3. The van der Waals surface area contributed by atoms with Crippen LogP contribution in [0, 0.1) is 0 Å².